The van der Waals surface area contributed by atoms with Crippen molar-refractivity contribution >= 4 is 17.6 Å². The Labute approximate surface area is 114 Å². The monoisotopic (exact) mass is 265 g/mol. The van der Waals surface area contributed by atoms with E-state index in [9.17, 15) is 0 Å². The topological polar surface area (TPSA) is 37.8 Å². The summed E-state index contributed by atoms with van der Waals surface area (Å²) in [6.07, 6.45) is 10.6. The Kier molecular flexibility index (Phi) is 5.78. The number of hydrogen-bond donors (Lipinski definition) is 1. The maximum atomic E-state index is 4.45. The summed E-state index contributed by atoms with van der Waals surface area (Å²) in [4.78, 5) is 8.83. The van der Waals surface area contributed by atoms with E-state index >= 15 is 0 Å². The van der Waals surface area contributed by atoms with E-state index in [2.05, 4.69) is 22.2 Å². The minimum atomic E-state index is 0.890. The third kappa shape index (κ3) is 4.48. The van der Waals surface area contributed by atoms with Crippen LogP contribution in [0.1, 0.15) is 44.7 Å². The summed E-state index contributed by atoms with van der Waals surface area (Å²) in [5.74, 6) is 4.13. The van der Waals surface area contributed by atoms with E-state index in [1.165, 1.54) is 31.4 Å². The first-order valence-corrected chi connectivity index (χ1v) is 8.16. The van der Waals surface area contributed by atoms with Gasteiger partial charge in [-0.2, -0.15) is 11.8 Å². The molecule has 1 aliphatic rings. The molecule has 2 rings (SSSR count). The summed E-state index contributed by atoms with van der Waals surface area (Å²) in [5, 5.41) is 3.24. The van der Waals surface area contributed by atoms with Crippen LogP contribution >= 0.6 is 11.8 Å². The minimum absolute atomic E-state index is 0.890. The molecule has 18 heavy (non-hydrogen) atoms. The van der Waals surface area contributed by atoms with Crippen LogP contribution in [0.5, 0.6) is 0 Å². The lowest BCUT2D eigenvalue weighted by Gasteiger charge is -2.08. The molecule has 1 aromatic heterocycles. The van der Waals surface area contributed by atoms with Crippen LogP contribution in [-0.2, 0) is 5.75 Å². The average Bonchev–Trinajstić information content (AvgIpc) is 2.91. The first-order chi connectivity index (χ1) is 8.88. The van der Waals surface area contributed by atoms with E-state index in [0.717, 1.165) is 36.1 Å². The molecule has 3 nitrogen and oxygen atoms in total. The highest BCUT2D eigenvalue weighted by molar-refractivity contribution is 7.98. The Balaban J connectivity index is 1.68. The van der Waals surface area contributed by atoms with Crippen molar-refractivity contribution in [1.29, 1.82) is 0 Å². The first-order valence-electron chi connectivity index (χ1n) is 7.01. The highest BCUT2D eigenvalue weighted by Crippen LogP contribution is 2.28. The van der Waals surface area contributed by atoms with E-state index < -0.39 is 0 Å². The number of rotatable bonds is 7. The van der Waals surface area contributed by atoms with Crippen LogP contribution in [0.15, 0.2) is 12.4 Å². The largest absolute Gasteiger partial charge is 0.369 e. The molecule has 0 saturated heterocycles. The maximum absolute atomic E-state index is 4.45. The molecule has 1 fully saturated rings. The molecular formula is C14H23N3S. The van der Waals surface area contributed by atoms with Crippen molar-refractivity contribution in [2.45, 2.75) is 44.8 Å². The molecule has 4 heteroatoms. The molecule has 0 atom stereocenters. The predicted octanol–water partition coefficient (Wildman–Crippen LogP) is 3.72. The van der Waals surface area contributed by atoms with Crippen molar-refractivity contribution in [2.75, 3.05) is 17.6 Å². The van der Waals surface area contributed by atoms with E-state index in [-0.39, 0.29) is 0 Å². The van der Waals surface area contributed by atoms with Gasteiger partial charge >= 0.3 is 0 Å². The van der Waals surface area contributed by atoms with Crippen LogP contribution < -0.4 is 5.32 Å². The zero-order valence-electron chi connectivity index (χ0n) is 11.2. The number of thioether (sulfide) groups is 1. The fourth-order valence-corrected chi connectivity index (χ4v) is 3.42. The Morgan fingerprint density at radius 1 is 1.28 bits per heavy atom. The van der Waals surface area contributed by atoms with Crippen molar-refractivity contribution in [3.63, 3.8) is 0 Å². The second-order valence-corrected chi connectivity index (χ2v) is 6.02. The fraction of sp³-hybridized carbons (Fsp3) is 0.714. The van der Waals surface area contributed by atoms with Gasteiger partial charge in [0, 0.05) is 12.3 Å². The standard InChI is InChI=1S/C14H23N3S/c1-2-7-15-14-9-16-13(8-17-14)11-18-10-12-5-3-4-6-12/h8-9,12H,2-7,10-11H2,1H3,(H,15,17). The molecule has 0 aliphatic heterocycles. The van der Waals surface area contributed by atoms with E-state index in [0.29, 0.717) is 0 Å². The van der Waals surface area contributed by atoms with Gasteiger partial charge in [-0.15, -0.1) is 0 Å². The molecule has 0 radical (unpaired) electrons. The molecule has 1 heterocycles. The van der Waals surface area contributed by atoms with Gasteiger partial charge in [-0.25, -0.2) is 4.98 Å². The summed E-state index contributed by atoms with van der Waals surface area (Å²) >= 11 is 2.00. The normalized spacial score (nSPS) is 16.1. The summed E-state index contributed by atoms with van der Waals surface area (Å²) in [5.41, 5.74) is 1.10. The van der Waals surface area contributed by atoms with Crippen LogP contribution in [0, 0.1) is 5.92 Å². The molecule has 1 aromatic rings. The summed E-state index contributed by atoms with van der Waals surface area (Å²) in [7, 11) is 0. The maximum Gasteiger partial charge on any atom is 0.144 e. The highest BCUT2D eigenvalue weighted by Gasteiger charge is 2.14. The van der Waals surface area contributed by atoms with Crippen molar-refractivity contribution in [2.24, 2.45) is 5.92 Å². The molecule has 1 N–H and O–H groups in total. The third-order valence-electron chi connectivity index (χ3n) is 3.34. The number of nitrogens with one attached hydrogen (secondary N) is 1. The summed E-state index contributed by atoms with van der Waals surface area (Å²) < 4.78 is 0. The molecule has 0 bridgehead atoms. The summed E-state index contributed by atoms with van der Waals surface area (Å²) in [6, 6.07) is 0. The molecule has 100 valence electrons. The third-order valence-corrected chi connectivity index (χ3v) is 4.55. The molecule has 0 unspecified atom stereocenters. The Bertz CT molecular complexity index is 333. The van der Waals surface area contributed by atoms with Gasteiger partial charge in [-0.05, 0) is 30.9 Å². The first kappa shape index (κ1) is 13.7. The van der Waals surface area contributed by atoms with Gasteiger partial charge in [0.15, 0.2) is 0 Å². The van der Waals surface area contributed by atoms with Crippen LogP contribution in [-0.4, -0.2) is 22.3 Å². The SMILES string of the molecule is CCCNc1cnc(CSCC2CCCC2)cn1. The number of nitrogens with zero attached hydrogens (tertiary/aromatic N) is 2. The van der Waals surface area contributed by atoms with Crippen LogP contribution in [0.3, 0.4) is 0 Å². The zero-order chi connectivity index (χ0) is 12.6. The van der Waals surface area contributed by atoms with Crippen molar-refractivity contribution in [3.8, 4) is 0 Å². The van der Waals surface area contributed by atoms with Crippen molar-refractivity contribution < 1.29 is 0 Å². The average molecular weight is 265 g/mol. The van der Waals surface area contributed by atoms with E-state index in [1.54, 1.807) is 0 Å². The smallest absolute Gasteiger partial charge is 0.144 e. The number of anilines is 1. The van der Waals surface area contributed by atoms with Gasteiger partial charge in [0.05, 0.1) is 18.1 Å². The van der Waals surface area contributed by atoms with Crippen molar-refractivity contribution in [1.82, 2.24) is 9.97 Å². The lowest BCUT2D eigenvalue weighted by Crippen LogP contribution is -2.03. The quantitative estimate of drug-likeness (QED) is 0.815. The second-order valence-electron chi connectivity index (χ2n) is 4.99. The lowest BCUT2D eigenvalue weighted by atomic mass is 10.1. The molecule has 0 aromatic carbocycles. The van der Waals surface area contributed by atoms with Gasteiger partial charge in [0.25, 0.3) is 0 Å². The van der Waals surface area contributed by atoms with Gasteiger partial charge < -0.3 is 5.32 Å². The van der Waals surface area contributed by atoms with Gasteiger partial charge in [0.1, 0.15) is 5.82 Å². The second kappa shape index (κ2) is 7.62. The Hall–Kier alpha value is -0.770. The van der Waals surface area contributed by atoms with Gasteiger partial charge in [-0.3, -0.25) is 4.98 Å². The Morgan fingerprint density at radius 3 is 2.78 bits per heavy atom. The number of hydrogen-bond acceptors (Lipinski definition) is 4. The summed E-state index contributed by atoms with van der Waals surface area (Å²) in [6.45, 7) is 3.11. The fourth-order valence-electron chi connectivity index (χ4n) is 2.28. The highest BCUT2D eigenvalue weighted by atomic mass is 32.2. The lowest BCUT2D eigenvalue weighted by molar-refractivity contribution is 0.623. The number of aromatic nitrogens is 2. The van der Waals surface area contributed by atoms with Gasteiger partial charge in [-0.1, -0.05) is 19.8 Å². The zero-order valence-corrected chi connectivity index (χ0v) is 12.0. The van der Waals surface area contributed by atoms with Crippen molar-refractivity contribution in [3.05, 3.63) is 18.1 Å². The van der Waals surface area contributed by atoms with Crippen LogP contribution in [0.25, 0.3) is 0 Å². The predicted molar refractivity (Wildman–Crippen MR) is 78.9 cm³/mol. The van der Waals surface area contributed by atoms with Crippen LogP contribution in [0.2, 0.25) is 0 Å². The molecule has 0 amide bonds. The minimum Gasteiger partial charge on any atom is -0.369 e. The van der Waals surface area contributed by atoms with Crippen LogP contribution in [0.4, 0.5) is 5.82 Å². The molecule has 0 spiro atoms. The van der Waals surface area contributed by atoms with E-state index in [4.69, 9.17) is 0 Å². The van der Waals surface area contributed by atoms with Gasteiger partial charge in [0.2, 0.25) is 0 Å². The Morgan fingerprint density at radius 2 is 2.11 bits per heavy atom. The van der Waals surface area contributed by atoms with E-state index in [1.807, 2.05) is 24.2 Å². The molecule has 1 aliphatic carbocycles. The molecular weight excluding hydrogens is 242 g/mol. The molecule has 1 saturated carbocycles.